The Morgan fingerprint density at radius 1 is 1.28 bits per heavy atom. The molecule has 3 atom stereocenters. The second-order valence-electron chi connectivity index (χ2n) is 7.24. The van der Waals surface area contributed by atoms with Gasteiger partial charge >= 0.3 is 5.97 Å². The van der Waals surface area contributed by atoms with Crippen molar-refractivity contribution >= 4 is 18.0 Å². The van der Waals surface area contributed by atoms with Crippen molar-refractivity contribution in [1.82, 2.24) is 5.32 Å². The fourth-order valence-corrected chi connectivity index (χ4v) is 3.40. The number of benzene rings is 1. The fourth-order valence-electron chi connectivity index (χ4n) is 3.40. The number of carbonyl (C=O) groups is 2. The predicted molar refractivity (Wildman–Crippen MR) is 108 cm³/mol. The maximum Gasteiger partial charge on any atom is 0.331 e. The molecule has 156 valence electrons. The van der Waals surface area contributed by atoms with Crippen LogP contribution in [0.4, 0.5) is 0 Å². The number of hydrogen-bond acceptors (Lipinski definition) is 6. The van der Waals surface area contributed by atoms with Gasteiger partial charge in [0, 0.05) is 12.1 Å². The molecule has 29 heavy (non-hydrogen) atoms. The van der Waals surface area contributed by atoms with Crippen molar-refractivity contribution in [2.75, 3.05) is 20.3 Å². The summed E-state index contributed by atoms with van der Waals surface area (Å²) in [7, 11) is 1.49. The molecule has 1 N–H and O–H groups in total. The normalized spacial score (nSPS) is 21.2. The zero-order chi connectivity index (χ0) is 21.2. The summed E-state index contributed by atoms with van der Waals surface area (Å²) >= 11 is 0. The van der Waals surface area contributed by atoms with Gasteiger partial charge in [-0.25, -0.2) is 4.79 Å². The predicted octanol–water partition coefficient (Wildman–Crippen LogP) is 3.09. The van der Waals surface area contributed by atoms with Crippen LogP contribution in [0, 0.1) is 23.2 Å². The Morgan fingerprint density at radius 3 is 2.79 bits per heavy atom. The van der Waals surface area contributed by atoms with Crippen molar-refractivity contribution in [3.05, 3.63) is 29.8 Å². The van der Waals surface area contributed by atoms with Crippen LogP contribution in [0.2, 0.25) is 0 Å². The summed E-state index contributed by atoms with van der Waals surface area (Å²) in [5.74, 6) is 1.00. The summed E-state index contributed by atoms with van der Waals surface area (Å²) in [6, 6.07) is 7.07. The molecule has 1 saturated carbocycles. The lowest BCUT2D eigenvalue weighted by molar-refractivity contribution is -0.144. The van der Waals surface area contributed by atoms with Crippen LogP contribution in [0.1, 0.15) is 38.7 Å². The van der Waals surface area contributed by atoms with Crippen LogP contribution in [0.3, 0.4) is 0 Å². The number of nitrogens with one attached hydrogen (secondary N) is 1. The number of carbonyl (C=O) groups excluding carboxylic acids is 2. The Kier molecular flexibility index (Phi) is 8.53. The van der Waals surface area contributed by atoms with Crippen molar-refractivity contribution in [2.45, 2.75) is 39.2 Å². The number of hydrogen-bond donors (Lipinski definition) is 1. The SMILES string of the molecule is COc1cc(/C=C/C(=O)OCC(=O)N[C@H]2CCC[C@@H](C)[C@@H]2C)ccc1OCC#N. The average molecular weight is 400 g/mol. The van der Waals surface area contributed by atoms with E-state index >= 15 is 0 Å². The average Bonchev–Trinajstić information content (AvgIpc) is 2.72. The molecule has 1 aliphatic carbocycles. The molecule has 7 nitrogen and oxygen atoms in total. The van der Waals surface area contributed by atoms with Gasteiger partial charge in [-0.05, 0) is 42.0 Å². The molecule has 0 radical (unpaired) electrons. The van der Waals surface area contributed by atoms with Gasteiger partial charge in [0.15, 0.2) is 24.7 Å². The first-order valence-corrected chi connectivity index (χ1v) is 9.76. The third-order valence-corrected chi connectivity index (χ3v) is 5.29. The molecular formula is C22H28N2O5. The zero-order valence-corrected chi connectivity index (χ0v) is 17.1. The number of amides is 1. The highest BCUT2D eigenvalue weighted by atomic mass is 16.5. The number of rotatable bonds is 8. The summed E-state index contributed by atoms with van der Waals surface area (Å²) in [5.41, 5.74) is 0.692. The van der Waals surface area contributed by atoms with Crippen LogP contribution in [0.5, 0.6) is 11.5 Å². The fraction of sp³-hybridized carbons (Fsp3) is 0.500. The van der Waals surface area contributed by atoms with E-state index in [2.05, 4.69) is 19.2 Å². The van der Waals surface area contributed by atoms with Gasteiger partial charge in [-0.15, -0.1) is 0 Å². The quantitative estimate of drug-likeness (QED) is 0.532. The van der Waals surface area contributed by atoms with E-state index < -0.39 is 5.97 Å². The van der Waals surface area contributed by atoms with Gasteiger partial charge in [-0.1, -0.05) is 32.8 Å². The minimum Gasteiger partial charge on any atom is -0.493 e. The first-order chi connectivity index (χ1) is 13.9. The van der Waals surface area contributed by atoms with Crippen molar-refractivity contribution < 1.29 is 23.8 Å². The second kappa shape index (κ2) is 11.1. The van der Waals surface area contributed by atoms with E-state index in [4.69, 9.17) is 19.5 Å². The Morgan fingerprint density at radius 2 is 2.07 bits per heavy atom. The molecule has 7 heteroatoms. The maximum absolute atomic E-state index is 12.1. The van der Waals surface area contributed by atoms with E-state index in [9.17, 15) is 9.59 Å². The van der Waals surface area contributed by atoms with Crippen molar-refractivity contribution in [3.63, 3.8) is 0 Å². The lowest BCUT2D eigenvalue weighted by atomic mass is 9.78. The van der Waals surface area contributed by atoms with E-state index in [0.717, 1.165) is 12.8 Å². The molecule has 1 aromatic carbocycles. The lowest BCUT2D eigenvalue weighted by Gasteiger charge is -2.34. The Labute approximate surface area is 171 Å². The van der Waals surface area contributed by atoms with E-state index in [1.807, 2.05) is 6.07 Å². The number of nitrogens with zero attached hydrogens (tertiary/aromatic N) is 1. The Bertz CT molecular complexity index is 784. The monoisotopic (exact) mass is 400 g/mol. The summed E-state index contributed by atoms with van der Waals surface area (Å²) < 4.78 is 15.5. The summed E-state index contributed by atoms with van der Waals surface area (Å²) in [6.45, 7) is 3.96. The Balaban J connectivity index is 1.83. The zero-order valence-electron chi connectivity index (χ0n) is 17.1. The molecule has 0 unspecified atom stereocenters. The molecule has 0 saturated heterocycles. The van der Waals surface area contributed by atoms with Crippen LogP contribution in [-0.4, -0.2) is 38.2 Å². The molecule has 1 aromatic rings. The first kappa shape index (κ1) is 22.3. The second-order valence-corrected chi connectivity index (χ2v) is 7.24. The summed E-state index contributed by atoms with van der Waals surface area (Å²) in [4.78, 5) is 24.0. The third kappa shape index (κ3) is 6.83. The number of nitriles is 1. The largest absolute Gasteiger partial charge is 0.493 e. The van der Waals surface area contributed by atoms with Crippen LogP contribution < -0.4 is 14.8 Å². The Hall–Kier alpha value is -3.01. The molecule has 0 aromatic heterocycles. The van der Waals surface area contributed by atoms with Crippen LogP contribution in [0.25, 0.3) is 6.08 Å². The highest BCUT2D eigenvalue weighted by molar-refractivity contribution is 5.89. The van der Waals surface area contributed by atoms with Crippen LogP contribution in [-0.2, 0) is 14.3 Å². The molecular weight excluding hydrogens is 372 g/mol. The van der Waals surface area contributed by atoms with Gasteiger partial charge in [-0.3, -0.25) is 4.79 Å². The van der Waals surface area contributed by atoms with E-state index in [1.165, 1.54) is 19.6 Å². The van der Waals surface area contributed by atoms with Crippen LogP contribution in [0.15, 0.2) is 24.3 Å². The lowest BCUT2D eigenvalue weighted by Crippen LogP contribution is -2.45. The molecule has 0 aliphatic heterocycles. The number of ether oxygens (including phenoxy) is 3. The highest BCUT2D eigenvalue weighted by Crippen LogP contribution is 2.29. The first-order valence-electron chi connectivity index (χ1n) is 9.76. The minimum atomic E-state index is -0.603. The van der Waals surface area contributed by atoms with Gasteiger partial charge in [0.2, 0.25) is 0 Å². The molecule has 1 aliphatic rings. The van der Waals surface area contributed by atoms with E-state index in [0.29, 0.717) is 28.9 Å². The number of esters is 1. The molecule has 1 amide bonds. The van der Waals surface area contributed by atoms with Gasteiger partial charge in [0.05, 0.1) is 7.11 Å². The van der Waals surface area contributed by atoms with Gasteiger partial charge in [0.1, 0.15) is 6.07 Å². The van der Waals surface area contributed by atoms with Gasteiger partial charge in [0.25, 0.3) is 5.91 Å². The maximum atomic E-state index is 12.1. The van der Waals surface area contributed by atoms with E-state index in [-0.39, 0.29) is 25.2 Å². The molecule has 2 rings (SSSR count). The van der Waals surface area contributed by atoms with Gasteiger partial charge in [-0.2, -0.15) is 5.26 Å². The van der Waals surface area contributed by atoms with Crippen molar-refractivity contribution in [2.24, 2.45) is 11.8 Å². The highest BCUT2D eigenvalue weighted by Gasteiger charge is 2.28. The summed E-state index contributed by atoms with van der Waals surface area (Å²) in [5, 5.41) is 11.6. The summed E-state index contributed by atoms with van der Waals surface area (Å²) in [6.07, 6.45) is 6.05. The molecule has 0 heterocycles. The topological polar surface area (TPSA) is 97.7 Å². The minimum absolute atomic E-state index is 0.0848. The molecule has 0 spiro atoms. The standard InChI is InChI=1S/C22H28N2O5/c1-15-5-4-6-18(16(15)2)24-21(25)14-29-22(26)10-8-17-7-9-19(28-12-11-23)20(13-17)27-3/h7-10,13,15-16,18H,4-6,12,14H2,1-3H3,(H,24,25)/b10-8+/t15-,16+,18+/m1/s1. The third-order valence-electron chi connectivity index (χ3n) is 5.29. The molecule has 1 fully saturated rings. The number of methoxy groups -OCH3 is 1. The van der Waals surface area contributed by atoms with Crippen LogP contribution >= 0.6 is 0 Å². The van der Waals surface area contributed by atoms with Crippen molar-refractivity contribution in [3.8, 4) is 17.6 Å². The molecule has 0 bridgehead atoms. The van der Waals surface area contributed by atoms with Gasteiger partial charge < -0.3 is 19.5 Å². The van der Waals surface area contributed by atoms with E-state index in [1.54, 1.807) is 24.3 Å². The van der Waals surface area contributed by atoms with Crippen molar-refractivity contribution in [1.29, 1.82) is 5.26 Å². The smallest absolute Gasteiger partial charge is 0.331 e.